The predicted octanol–water partition coefficient (Wildman–Crippen LogP) is 3.30. The van der Waals surface area contributed by atoms with E-state index in [4.69, 9.17) is 0 Å². The van der Waals surface area contributed by atoms with E-state index < -0.39 is 31.3 Å². The van der Waals surface area contributed by atoms with Crippen molar-refractivity contribution in [2.75, 3.05) is 4.72 Å². The first kappa shape index (κ1) is 15.4. The van der Waals surface area contributed by atoms with Gasteiger partial charge in [-0.05, 0) is 24.3 Å². The third-order valence-electron chi connectivity index (χ3n) is 2.53. The molecular weight excluding hydrogens is 367 g/mol. The fourth-order valence-electron chi connectivity index (χ4n) is 1.61. The zero-order valence-corrected chi connectivity index (χ0v) is 12.7. The second-order valence-corrected chi connectivity index (χ2v) is 6.52. The van der Waals surface area contributed by atoms with Crippen LogP contribution in [0.4, 0.5) is 15.8 Å². The second-order valence-electron chi connectivity index (χ2n) is 3.95. The first-order valence-corrected chi connectivity index (χ1v) is 7.80. The van der Waals surface area contributed by atoms with E-state index >= 15 is 0 Å². The molecule has 0 saturated carbocycles. The molecule has 0 unspecified atom stereocenters. The number of nitro groups is 1. The molecule has 0 aliphatic heterocycles. The molecule has 0 aliphatic carbocycles. The highest BCUT2D eigenvalue weighted by atomic mass is 79.9. The van der Waals surface area contributed by atoms with E-state index in [9.17, 15) is 22.9 Å². The molecule has 9 heteroatoms. The summed E-state index contributed by atoms with van der Waals surface area (Å²) >= 11 is 3.04. The van der Waals surface area contributed by atoms with Crippen LogP contribution in [-0.2, 0) is 10.0 Å². The van der Waals surface area contributed by atoms with Gasteiger partial charge in [0.1, 0.15) is 5.82 Å². The molecule has 0 fully saturated rings. The van der Waals surface area contributed by atoms with Gasteiger partial charge in [0.05, 0.1) is 10.6 Å². The van der Waals surface area contributed by atoms with E-state index in [1.54, 1.807) is 0 Å². The van der Waals surface area contributed by atoms with Gasteiger partial charge in [0.25, 0.3) is 15.7 Å². The summed E-state index contributed by atoms with van der Waals surface area (Å²) in [6.45, 7) is 0. The molecule has 2 rings (SSSR count). The Kier molecular flexibility index (Phi) is 4.24. The van der Waals surface area contributed by atoms with E-state index in [2.05, 4.69) is 15.9 Å². The number of hydrogen-bond acceptors (Lipinski definition) is 4. The zero-order valence-electron chi connectivity index (χ0n) is 10.3. The largest absolute Gasteiger partial charge is 0.289 e. The van der Waals surface area contributed by atoms with E-state index in [1.807, 2.05) is 4.72 Å². The van der Waals surface area contributed by atoms with Gasteiger partial charge in [-0.2, -0.15) is 0 Å². The number of sulfonamides is 1. The molecule has 110 valence electrons. The summed E-state index contributed by atoms with van der Waals surface area (Å²) in [7, 11) is -4.27. The van der Waals surface area contributed by atoms with Crippen LogP contribution in [0.25, 0.3) is 0 Å². The van der Waals surface area contributed by atoms with Crippen molar-refractivity contribution in [3.63, 3.8) is 0 Å². The lowest BCUT2D eigenvalue weighted by Crippen LogP contribution is -2.15. The average molecular weight is 375 g/mol. The summed E-state index contributed by atoms with van der Waals surface area (Å²) in [4.78, 5) is 9.52. The van der Waals surface area contributed by atoms with Crippen LogP contribution in [0.15, 0.2) is 51.8 Å². The maximum Gasteiger partial charge on any atom is 0.289 e. The lowest BCUT2D eigenvalue weighted by atomic mass is 10.3. The first-order valence-electron chi connectivity index (χ1n) is 5.52. The summed E-state index contributed by atoms with van der Waals surface area (Å²) < 4.78 is 40.4. The van der Waals surface area contributed by atoms with Gasteiger partial charge in [0, 0.05) is 10.5 Å². The van der Waals surface area contributed by atoms with Crippen LogP contribution in [0.5, 0.6) is 0 Å². The zero-order chi connectivity index (χ0) is 15.6. The molecule has 2 aromatic rings. The van der Waals surface area contributed by atoms with Crippen LogP contribution in [-0.4, -0.2) is 13.3 Å². The van der Waals surface area contributed by atoms with E-state index in [1.165, 1.54) is 24.3 Å². The van der Waals surface area contributed by atoms with Gasteiger partial charge in [-0.1, -0.05) is 28.1 Å². The number of halogens is 2. The van der Waals surface area contributed by atoms with Gasteiger partial charge in [0.2, 0.25) is 0 Å². The highest BCUT2D eigenvalue weighted by molar-refractivity contribution is 9.10. The minimum Gasteiger partial charge on any atom is -0.276 e. The Morgan fingerprint density at radius 1 is 1.19 bits per heavy atom. The Balaban J connectivity index is 2.46. The fraction of sp³-hybridized carbons (Fsp3) is 0. The Morgan fingerprint density at radius 2 is 1.86 bits per heavy atom. The van der Waals surface area contributed by atoms with Crippen molar-refractivity contribution < 1.29 is 17.7 Å². The van der Waals surface area contributed by atoms with Crippen LogP contribution in [0.1, 0.15) is 0 Å². The number of nitro benzene ring substituents is 1. The van der Waals surface area contributed by atoms with Crippen LogP contribution in [0.2, 0.25) is 0 Å². The topological polar surface area (TPSA) is 89.3 Å². The predicted molar refractivity (Wildman–Crippen MR) is 78.0 cm³/mol. The Hall–Kier alpha value is -2.00. The van der Waals surface area contributed by atoms with Gasteiger partial charge in [-0.25, -0.2) is 12.8 Å². The monoisotopic (exact) mass is 374 g/mol. The minimum atomic E-state index is -4.27. The highest BCUT2D eigenvalue weighted by Crippen LogP contribution is 2.27. The Morgan fingerprint density at radius 3 is 2.48 bits per heavy atom. The molecule has 0 atom stereocenters. The molecule has 2 aromatic carbocycles. The summed E-state index contributed by atoms with van der Waals surface area (Å²) in [5.41, 5.74) is -0.876. The van der Waals surface area contributed by atoms with Gasteiger partial charge in [0.15, 0.2) is 4.90 Å². The van der Waals surface area contributed by atoms with E-state index in [0.29, 0.717) is 4.47 Å². The SMILES string of the molecule is O=[N+]([O-])c1ccccc1S(=O)(=O)Nc1ccc(Br)cc1F. The summed E-state index contributed by atoms with van der Waals surface area (Å²) in [5.74, 6) is -0.800. The molecule has 1 N–H and O–H groups in total. The number of anilines is 1. The molecule has 0 heterocycles. The molecular formula is C12H8BrFN2O4S. The van der Waals surface area contributed by atoms with Crippen molar-refractivity contribution in [1.82, 2.24) is 0 Å². The van der Waals surface area contributed by atoms with Crippen LogP contribution >= 0.6 is 15.9 Å². The van der Waals surface area contributed by atoms with Gasteiger partial charge in [-0.15, -0.1) is 0 Å². The summed E-state index contributed by atoms with van der Waals surface area (Å²) in [5, 5.41) is 10.9. The number of para-hydroxylation sites is 1. The van der Waals surface area contributed by atoms with E-state index in [0.717, 1.165) is 18.2 Å². The summed E-state index contributed by atoms with van der Waals surface area (Å²) in [6.07, 6.45) is 0. The molecule has 0 spiro atoms. The maximum absolute atomic E-state index is 13.7. The fourth-order valence-corrected chi connectivity index (χ4v) is 3.18. The van der Waals surface area contributed by atoms with Crippen molar-refractivity contribution in [2.24, 2.45) is 0 Å². The molecule has 0 radical (unpaired) electrons. The maximum atomic E-state index is 13.7. The molecule has 0 bridgehead atoms. The molecule has 0 aromatic heterocycles. The van der Waals surface area contributed by atoms with Crippen molar-refractivity contribution in [3.05, 3.63) is 62.9 Å². The lowest BCUT2D eigenvalue weighted by molar-refractivity contribution is -0.387. The molecule has 0 saturated heterocycles. The number of rotatable bonds is 4. The molecule has 0 amide bonds. The molecule has 21 heavy (non-hydrogen) atoms. The Bertz CT molecular complexity index is 811. The third kappa shape index (κ3) is 3.37. The summed E-state index contributed by atoms with van der Waals surface area (Å²) in [6, 6.07) is 8.57. The van der Waals surface area contributed by atoms with Crippen LogP contribution in [0.3, 0.4) is 0 Å². The second kappa shape index (κ2) is 5.78. The van der Waals surface area contributed by atoms with Crippen molar-refractivity contribution in [3.8, 4) is 0 Å². The van der Waals surface area contributed by atoms with E-state index in [-0.39, 0.29) is 5.69 Å². The number of benzene rings is 2. The molecule has 0 aliphatic rings. The lowest BCUT2D eigenvalue weighted by Gasteiger charge is -2.09. The third-order valence-corrected chi connectivity index (χ3v) is 4.43. The van der Waals surface area contributed by atoms with Crippen molar-refractivity contribution in [2.45, 2.75) is 4.90 Å². The van der Waals surface area contributed by atoms with Crippen molar-refractivity contribution in [1.29, 1.82) is 0 Å². The quantitative estimate of drug-likeness (QED) is 0.656. The van der Waals surface area contributed by atoms with Crippen LogP contribution < -0.4 is 4.72 Å². The normalized spacial score (nSPS) is 11.1. The highest BCUT2D eigenvalue weighted by Gasteiger charge is 2.25. The van der Waals surface area contributed by atoms with Crippen molar-refractivity contribution >= 4 is 37.3 Å². The number of hydrogen-bond donors (Lipinski definition) is 1. The minimum absolute atomic E-state index is 0.295. The number of nitrogens with one attached hydrogen (secondary N) is 1. The smallest absolute Gasteiger partial charge is 0.276 e. The molecule has 6 nitrogen and oxygen atoms in total. The van der Waals surface area contributed by atoms with Gasteiger partial charge in [-0.3, -0.25) is 14.8 Å². The Labute approximate surface area is 127 Å². The van der Waals surface area contributed by atoms with Crippen LogP contribution in [0, 0.1) is 15.9 Å². The first-order chi connectivity index (χ1) is 9.81. The average Bonchev–Trinajstić information content (AvgIpc) is 2.42. The van der Waals surface area contributed by atoms with Gasteiger partial charge >= 0.3 is 0 Å². The standard InChI is InChI=1S/C12H8BrFN2O4S/c13-8-5-6-10(9(14)7-8)15-21(19,20)12-4-2-1-3-11(12)16(17)18/h1-7,15H. The van der Waals surface area contributed by atoms with Gasteiger partial charge < -0.3 is 0 Å². The number of nitrogens with zero attached hydrogens (tertiary/aromatic N) is 1.